The maximum atomic E-state index is 10.6. The van der Waals surface area contributed by atoms with Gasteiger partial charge in [-0.15, -0.1) is 0 Å². The Kier molecular flexibility index (Phi) is 6.60. The normalized spacial score (nSPS) is 20.2. The Hall–Kier alpha value is -0.650. The Morgan fingerprint density at radius 2 is 2.00 bits per heavy atom. The van der Waals surface area contributed by atoms with Gasteiger partial charge >= 0.3 is 5.97 Å². The topological polar surface area (TPSA) is 69.8 Å². The van der Waals surface area contributed by atoms with Gasteiger partial charge in [-0.2, -0.15) is 0 Å². The van der Waals surface area contributed by atoms with Crippen LogP contribution in [-0.4, -0.2) is 66.7 Å². The Morgan fingerprint density at radius 1 is 1.39 bits per heavy atom. The minimum absolute atomic E-state index is 0.587. The molecule has 0 aliphatic carbocycles. The third-order valence-electron chi connectivity index (χ3n) is 3.84. The van der Waals surface area contributed by atoms with Crippen molar-refractivity contribution < 1.29 is 9.90 Å². The Morgan fingerprint density at radius 3 is 2.50 bits per heavy atom. The van der Waals surface area contributed by atoms with Crippen LogP contribution >= 0.6 is 0 Å². The first kappa shape index (κ1) is 15.4. The fourth-order valence-electron chi connectivity index (χ4n) is 2.48. The van der Waals surface area contributed by atoms with Crippen LogP contribution in [0.5, 0.6) is 0 Å². The molecule has 0 aromatic rings. The molecule has 1 atom stereocenters. The van der Waals surface area contributed by atoms with Crippen LogP contribution < -0.4 is 5.73 Å². The first-order chi connectivity index (χ1) is 8.50. The van der Waals surface area contributed by atoms with E-state index in [-0.39, 0.29) is 0 Å². The summed E-state index contributed by atoms with van der Waals surface area (Å²) in [5.41, 5.74) is 5.47. The Balaban J connectivity index is 2.06. The second-order valence-corrected chi connectivity index (χ2v) is 5.48. The number of hydrogen-bond donors (Lipinski definition) is 2. The number of carboxylic acids is 1. The van der Waals surface area contributed by atoms with E-state index in [1.165, 1.54) is 12.8 Å². The Labute approximate surface area is 110 Å². The van der Waals surface area contributed by atoms with Crippen LogP contribution in [0.1, 0.15) is 32.1 Å². The van der Waals surface area contributed by atoms with Crippen LogP contribution in [-0.2, 0) is 4.79 Å². The number of nitrogens with two attached hydrogens (primary N) is 1. The highest BCUT2D eigenvalue weighted by molar-refractivity contribution is 5.72. The summed E-state index contributed by atoms with van der Waals surface area (Å²) in [6.45, 7) is 3.40. The van der Waals surface area contributed by atoms with Crippen molar-refractivity contribution in [3.63, 3.8) is 0 Å². The van der Waals surface area contributed by atoms with Crippen LogP contribution in [0.2, 0.25) is 0 Å². The van der Waals surface area contributed by atoms with E-state index in [0.29, 0.717) is 6.42 Å². The lowest BCUT2D eigenvalue weighted by molar-refractivity contribution is -0.138. The molecule has 0 saturated carbocycles. The molecule has 1 saturated heterocycles. The monoisotopic (exact) mass is 257 g/mol. The van der Waals surface area contributed by atoms with Gasteiger partial charge in [-0.1, -0.05) is 6.42 Å². The third kappa shape index (κ3) is 5.33. The lowest BCUT2D eigenvalue weighted by Gasteiger charge is -2.35. The molecule has 0 unspecified atom stereocenters. The van der Waals surface area contributed by atoms with E-state index in [0.717, 1.165) is 38.5 Å². The van der Waals surface area contributed by atoms with Crippen LogP contribution in [0, 0.1) is 0 Å². The largest absolute Gasteiger partial charge is 0.480 e. The number of hydrogen-bond acceptors (Lipinski definition) is 4. The van der Waals surface area contributed by atoms with Crippen molar-refractivity contribution >= 4 is 5.97 Å². The molecule has 1 aliphatic heterocycles. The average Bonchev–Trinajstić information content (AvgIpc) is 2.34. The Bertz CT molecular complexity index is 251. The number of aliphatic carboxylic acids is 1. The highest BCUT2D eigenvalue weighted by Gasteiger charge is 2.20. The summed E-state index contributed by atoms with van der Waals surface area (Å²) in [4.78, 5) is 15.3. The summed E-state index contributed by atoms with van der Waals surface area (Å²) in [5.74, 6) is -0.887. The lowest BCUT2D eigenvalue weighted by atomic mass is 10.0. The van der Waals surface area contributed by atoms with Gasteiger partial charge in [0.05, 0.1) is 0 Å². The van der Waals surface area contributed by atoms with Gasteiger partial charge in [-0.3, -0.25) is 4.79 Å². The van der Waals surface area contributed by atoms with Gasteiger partial charge in [0.15, 0.2) is 0 Å². The van der Waals surface area contributed by atoms with Gasteiger partial charge in [0, 0.05) is 6.04 Å². The smallest absolute Gasteiger partial charge is 0.320 e. The zero-order valence-corrected chi connectivity index (χ0v) is 11.6. The summed E-state index contributed by atoms with van der Waals surface area (Å²) in [5, 5.41) is 8.67. The molecular weight excluding hydrogens is 230 g/mol. The minimum Gasteiger partial charge on any atom is -0.480 e. The van der Waals surface area contributed by atoms with Crippen molar-refractivity contribution in [1.29, 1.82) is 0 Å². The molecule has 1 heterocycles. The predicted molar refractivity (Wildman–Crippen MR) is 72.6 cm³/mol. The minimum atomic E-state index is -0.887. The number of rotatable bonds is 7. The highest BCUT2D eigenvalue weighted by Crippen LogP contribution is 2.14. The van der Waals surface area contributed by atoms with Gasteiger partial charge in [0.2, 0.25) is 0 Å². The molecule has 1 aliphatic rings. The molecule has 18 heavy (non-hydrogen) atoms. The standard InChI is InChI=1S/C13H27N3O2/c1-15(2)11-6-9-16(10-7-11)8-4-3-5-12(14)13(17)18/h11-12H,3-10,14H2,1-2H3,(H,17,18)/t12-/m0/s1. The summed E-state index contributed by atoms with van der Waals surface area (Å²) in [6.07, 6.45) is 5.02. The van der Waals surface area contributed by atoms with Gasteiger partial charge < -0.3 is 20.6 Å². The summed E-state index contributed by atoms with van der Waals surface area (Å²) < 4.78 is 0. The van der Waals surface area contributed by atoms with Crippen LogP contribution in [0.3, 0.4) is 0 Å². The first-order valence-electron chi connectivity index (χ1n) is 6.88. The van der Waals surface area contributed by atoms with Gasteiger partial charge in [-0.05, 0) is 59.4 Å². The van der Waals surface area contributed by atoms with E-state index in [4.69, 9.17) is 10.8 Å². The highest BCUT2D eigenvalue weighted by atomic mass is 16.4. The summed E-state index contributed by atoms with van der Waals surface area (Å²) >= 11 is 0. The number of unbranched alkanes of at least 4 members (excludes halogenated alkanes) is 1. The molecule has 106 valence electrons. The van der Waals surface area contributed by atoms with Crippen LogP contribution in [0.25, 0.3) is 0 Å². The van der Waals surface area contributed by atoms with Gasteiger partial charge in [0.25, 0.3) is 0 Å². The van der Waals surface area contributed by atoms with E-state index in [2.05, 4.69) is 23.9 Å². The zero-order valence-electron chi connectivity index (χ0n) is 11.6. The third-order valence-corrected chi connectivity index (χ3v) is 3.84. The molecule has 0 spiro atoms. The second-order valence-electron chi connectivity index (χ2n) is 5.48. The molecule has 0 radical (unpaired) electrons. The molecule has 0 aromatic heterocycles. The van der Waals surface area contributed by atoms with E-state index >= 15 is 0 Å². The molecule has 1 fully saturated rings. The van der Waals surface area contributed by atoms with E-state index in [1.807, 2.05) is 0 Å². The van der Waals surface area contributed by atoms with E-state index in [1.54, 1.807) is 0 Å². The molecular formula is C13H27N3O2. The molecule has 0 amide bonds. The predicted octanol–water partition coefficient (Wildman–Crippen LogP) is 0.595. The number of carboxylic acid groups (broad SMARTS) is 1. The van der Waals surface area contributed by atoms with Gasteiger partial charge in [0.1, 0.15) is 6.04 Å². The molecule has 3 N–H and O–H groups in total. The average molecular weight is 257 g/mol. The van der Waals surface area contributed by atoms with Crippen molar-refractivity contribution in [1.82, 2.24) is 9.80 Å². The van der Waals surface area contributed by atoms with Crippen molar-refractivity contribution in [2.24, 2.45) is 5.73 Å². The summed E-state index contributed by atoms with van der Waals surface area (Å²) in [6, 6.07) is 0.0335. The maximum Gasteiger partial charge on any atom is 0.320 e. The number of piperidine rings is 1. The second kappa shape index (κ2) is 7.71. The zero-order chi connectivity index (χ0) is 13.5. The van der Waals surface area contributed by atoms with Crippen molar-refractivity contribution in [3.05, 3.63) is 0 Å². The van der Waals surface area contributed by atoms with E-state index < -0.39 is 12.0 Å². The first-order valence-corrected chi connectivity index (χ1v) is 6.88. The molecule has 0 bridgehead atoms. The quantitative estimate of drug-likeness (QED) is 0.653. The lowest BCUT2D eigenvalue weighted by Crippen LogP contribution is -2.42. The SMILES string of the molecule is CN(C)C1CCN(CCCC[C@H](N)C(=O)O)CC1. The van der Waals surface area contributed by atoms with Gasteiger partial charge in [-0.25, -0.2) is 0 Å². The molecule has 1 rings (SSSR count). The molecule has 5 nitrogen and oxygen atoms in total. The van der Waals surface area contributed by atoms with E-state index in [9.17, 15) is 4.79 Å². The van der Waals surface area contributed by atoms with Crippen LogP contribution in [0.15, 0.2) is 0 Å². The van der Waals surface area contributed by atoms with Crippen molar-refractivity contribution in [2.75, 3.05) is 33.7 Å². The molecule has 0 aromatic carbocycles. The molecule has 5 heteroatoms. The fourth-order valence-corrected chi connectivity index (χ4v) is 2.48. The number of likely N-dealkylation sites (tertiary alicyclic amines) is 1. The van der Waals surface area contributed by atoms with Crippen LogP contribution in [0.4, 0.5) is 0 Å². The number of nitrogens with zero attached hydrogens (tertiary/aromatic N) is 2. The van der Waals surface area contributed by atoms with Crippen molar-refractivity contribution in [3.8, 4) is 0 Å². The number of carbonyl (C=O) groups is 1. The summed E-state index contributed by atoms with van der Waals surface area (Å²) in [7, 11) is 4.29. The maximum absolute atomic E-state index is 10.6. The van der Waals surface area contributed by atoms with Crippen molar-refractivity contribution in [2.45, 2.75) is 44.2 Å². The fraction of sp³-hybridized carbons (Fsp3) is 0.923.